The second kappa shape index (κ2) is 8.95. The largest absolute Gasteiger partial charge is 0.367 e. The van der Waals surface area contributed by atoms with E-state index in [1.807, 2.05) is 11.0 Å². The third-order valence-electron chi connectivity index (χ3n) is 5.46. The van der Waals surface area contributed by atoms with Crippen LogP contribution in [0.1, 0.15) is 23.2 Å². The molecule has 0 atom stereocenters. The van der Waals surface area contributed by atoms with E-state index in [4.69, 9.17) is 0 Å². The molecule has 0 aromatic heterocycles. The topological polar surface area (TPSA) is 81.8 Å². The molecule has 2 aromatic rings. The van der Waals surface area contributed by atoms with Gasteiger partial charge in [-0.2, -0.15) is 0 Å². The maximum Gasteiger partial charge on any atom is 0.261 e. The number of hydrogen-bond donors (Lipinski definition) is 2. The maximum absolute atomic E-state index is 13.0. The Labute approximate surface area is 185 Å². The smallest absolute Gasteiger partial charge is 0.261 e. The van der Waals surface area contributed by atoms with Crippen molar-refractivity contribution in [3.8, 4) is 0 Å². The lowest BCUT2D eigenvalue weighted by Gasteiger charge is -2.31. The second-order valence-corrected chi connectivity index (χ2v) is 10.1. The van der Waals surface area contributed by atoms with Gasteiger partial charge in [-0.25, -0.2) is 8.42 Å². The first-order valence-electron chi connectivity index (χ1n) is 10.1. The predicted octanol–water partition coefficient (Wildman–Crippen LogP) is 2.90. The Balaban J connectivity index is 1.69. The zero-order valence-corrected chi connectivity index (χ0v) is 19.0. The zero-order chi connectivity index (χ0) is 21.1. The average Bonchev–Trinajstić information content (AvgIpc) is 3.29. The van der Waals surface area contributed by atoms with E-state index in [9.17, 15) is 13.2 Å². The highest BCUT2D eigenvalue weighted by molar-refractivity contribution is 9.10. The molecule has 30 heavy (non-hydrogen) atoms. The summed E-state index contributed by atoms with van der Waals surface area (Å²) in [5, 5.41) is 3.30. The van der Waals surface area contributed by atoms with Crippen molar-refractivity contribution in [3.05, 3.63) is 52.5 Å². The Bertz CT molecular complexity index is 1020. The van der Waals surface area contributed by atoms with Crippen LogP contribution in [0.25, 0.3) is 0 Å². The fourth-order valence-corrected chi connectivity index (χ4v) is 5.18. The number of nitrogens with one attached hydrogen (secondary N) is 2. The van der Waals surface area contributed by atoms with Crippen LogP contribution in [0.3, 0.4) is 0 Å². The molecule has 2 aromatic carbocycles. The standard InChI is InChI=1S/C21H25BrN4O3S/c22-17-4-6-18(7-5-17)30(28,29)24-19-15-16(21(27)26-11-1-2-12-26)3-8-20(19)25-13-9-23-10-14-25/h3-8,15,23-24H,1-2,9-14H2. The zero-order valence-electron chi connectivity index (χ0n) is 16.6. The Kier molecular flexibility index (Phi) is 6.31. The van der Waals surface area contributed by atoms with Gasteiger partial charge in [0.15, 0.2) is 0 Å². The molecule has 7 nitrogen and oxygen atoms in total. The van der Waals surface area contributed by atoms with Crippen molar-refractivity contribution in [2.45, 2.75) is 17.7 Å². The van der Waals surface area contributed by atoms with Crippen molar-refractivity contribution in [1.29, 1.82) is 0 Å². The number of carbonyl (C=O) groups is 1. The first kappa shape index (κ1) is 21.1. The van der Waals surface area contributed by atoms with E-state index in [1.165, 1.54) is 0 Å². The summed E-state index contributed by atoms with van der Waals surface area (Å²) < 4.78 is 29.6. The van der Waals surface area contributed by atoms with Crippen molar-refractivity contribution in [2.75, 3.05) is 48.9 Å². The van der Waals surface area contributed by atoms with Crippen LogP contribution < -0.4 is 14.9 Å². The van der Waals surface area contributed by atoms with Crippen LogP contribution in [-0.2, 0) is 10.0 Å². The number of halogens is 1. The van der Waals surface area contributed by atoms with Gasteiger partial charge in [-0.15, -0.1) is 0 Å². The third-order valence-corrected chi connectivity index (χ3v) is 7.37. The molecule has 0 saturated carbocycles. The van der Waals surface area contributed by atoms with E-state index >= 15 is 0 Å². The molecule has 9 heteroatoms. The summed E-state index contributed by atoms with van der Waals surface area (Å²) in [6.45, 7) is 4.69. The molecule has 1 amide bonds. The van der Waals surface area contributed by atoms with Crippen molar-refractivity contribution in [1.82, 2.24) is 10.2 Å². The van der Waals surface area contributed by atoms with Gasteiger partial charge in [-0.1, -0.05) is 15.9 Å². The van der Waals surface area contributed by atoms with Gasteiger partial charge in [-0.3, -0.25) is 9.52 Å². The Hall–Kier alpha value is -2.10. The summed E-state index contributed by atoms with van der Waals surface area (Å²) in [4.78, 5) is 17.0. The molecule has 2 aliphatic heterocycles. The van der Waals surface area contributed by atoms with Gasteiger partial charge in [0, 0.05) is 49.3 Å². The number of likely N-dealkylation sites (tertiary alicyclic amines) is 1. The summed E-state index contributed by atoms with van der Waals surface area (Å²) in [5.74, 6) is -0.0524. The molecule has 0 radical (unpaired) electrons. The fourth-order valence-electron chi connectivity index (χ4n) is 3.85. The van der Waals surface area contributed by atoms with Gasteiger partial charge in [0.05, 0.1) is 16.3 Å². The molecular weight excluding hydrogens is 468 g/mol. The molecule has 2 N–H and O–H groups in total. The maximum atomic E-state index is 13.0. The lowest BCUT2D eigenvalue weighted by molar-refractivity contribution is 0.0793. The molecule has 2 heterocycles. The van der Waals surface area contributed by atoms with E-state index in [2.05, 4.69) is 30.9 Å². The van der Waals surface area contributed by atoms with E-state index in [-0.39, 0.29) is 10.8 Å². The highest BCUT2D eigenvalue weighted by atomic mass is 79.9. The third kappa shape index (κ3) is 4.63. The van der Waals surface area contributed by atoms with Gasteiger partial charge < -0.3 is 15.1 Å². The number of sulfonamides is 1. The summed E-state index contributed by atoms with van der Waals surface area (Å²) in [7, 11) is -3.79. The summed E-state index contributed by atoms with van der Waals surface area (Å²) in [6.07, 6.45) is 2.02. The Morgan fingerprint density at radius 1 is 0.967 bits per heavy atom. The molecule has 0 spiro atoms. The van der Waals surface area contributed by atoms with Gasteiger partial charge in [0.25, 0.3) is 15.9 Å². The van der Waals surface area contributed by atoms with Crippen molar-refractivity contribution < 1.29 is 13.2 Å². The molecule has 4 rings (SSSR count). The Morgan fingerprint density at radius 2 is 1.63 bits per heavy atom. The number of amides is 1. The normalized spacial score (nSPS) is 17.2. The number of carbonyl (C=O) groups excluding carboxylic acids is 1. The lowest BCUT2D eigenvalue weighted by atomic mass is 10.1. The van der Waals surface area contributed by atoms with E-state index in [0.717, 1.165) is 62.3 Å². The van der Waals surface area contributed by atoms with Gasteiger partial charge in [-0.05, 0) is 55.3 Å². The molecule has 2 fully saturated rings. The molecule has 0 unspecified atom stereocenters. The minimum absolute atomic E-state index is 0.0524. The van der Waals surface area contributed by atoms with Crippen LogP contribution in [0.5, 0.6) is 0 Å². The molecule has 0 aliphatic carbocycles. The number of hydrogen-bond acceptors (Lipinski definition) is 5. The molecule has 2 saturated heterocycles. The van der Waals surface area contributed by atoms with Crippen molar-refractivity contribution in [3.63, 3.8) is 0 Å². The molecule has 160 valence electrons. The monoisotopic (exact) mass is 492 g/mol. The quantitative estimate of drug-likeness (QED) is 0.670. The van der Waals surface area contributed by atoms with Crippen LogP contribution in [0.4, 0.5) is 11.4 Å². The molecule has 0 bridgehead atoms. The van der Waals surface area contributed by atoms with Gasteiger partial charge in [0.2, 0.25) is 0 Å². The summed E-state index contributed by atoms with van der Waals surface area (Å²) in [6, 6.07) is 11.8. The molecule has 2 aliphatic rings. The van der Waals surface area contributed by atoms with Crippen LogP contribution in [0.15, 0.2) is 51.8 Å². The van der Waals surface area contributed by atoms with Crippen molar-refractivity contribution >= 4 is 43.2 Å². The average molecular weight is 493 g/mol. The van der Waals surface area contributed by atoms with Crippen LogP contribution in [0.2, 0.25) is 0 Å². The predicted molar refractivity (Wildman–Crippen MR) is 122 cm³/mol. The van der Waals surface area contributed by atoms with Gasteiger partial charge >= 0.3 is 0 Å². The van der Waals surface area contributed by atoms with E-state index in [1.54, 1.807) is 36.4 Å². The van der Waals surface area contributed by atoms with Crippen LogP contribution in [-0.4, -0.2) is 58.5 Å². The van der Waals surface area contributed by atoms with E-state index in [0.29, 0.717) is 11.3 Å². The number of benzene rings is 2. The highest BCUT2D eigenvalue weighted by Crippen LogP contribution is 2.31. The first-order chi connectivity index (χ1) is 14.4. The summed E-state index contributed by atoms with van der Waals surface area (Å²) >= 11 is 3.33. The summed E-state index contributed by atoms with van der Waals surface area (Å²) in [5.41, 5.74) is 1.73. The number of rotatable bonds is 5. The van der Waals surface area contributed by atoms with Crippen molar-refractivity contribution in [2.24, 2.45) is 0 Å². The van der Waals surface area contributed by atoms with Crippen LogP contribution >= 0.6 is 15.9 Å². The number of nitrogens with zero attached hydrogens (tertiary/aromatic N) is 2. The van der Waals surface area contributed by atoms with E-state index < -0.39 is 10.0 Å². The SMILES string of the molecule is O=C(c1ccc(N2CCNCC2)c(NS(=O)(=O)c2ccc(Br)cc2)c1)N1CCCC1. The minimum Gasteiger partial charge on any atom is -0.367 e. The number of anilines is 2. The second-order valence-electron chi connectivity index (χ2n) is 7.53. The lowest BCUT2D eigenvalue weighted by Crippen LogP contribution is -2.43. The van der Waals surface area contributed by atoms with Crippen LogP contribution in [0, 0.1) is 0 Å². The first-order valence-corrected chi connectivity index (χ1v) is 12.4. The molecular formula is C21H25BrN4O3S. The minimum atomic E-state index is -3.79. The Morgan fingerprint density at radius 3 is 2.30 bits per heavy atom. The number of piperazine rings is 1. The fraction of sp³-hybridized carbons (Fsp3) is 0.381. The highest BCUT2D eigenvalue weighted by Gasteiger charge is 2.24. The van der Waals surface area contributed by atoms with Gasteiger partial charge in [0.1, 0.15) is 0 Å².